The van der Waals surface area contributed by atoms with Gasteiger partial charge in [-0.3, -0.25) is 0 Å². The van der Waals surface area contributed by atoms with Gasteiger partial charge in [0.2, 0.25) is 0 Å². The van der Waals surface area contributed by atoms with E-state index in [9.17, 15) is 0 Å². The van der Waals surface area contributed by atoms with E-state index in [2.05, 4.69) is 72.1 Å². The van der Waals surface area contributed by atoms with E-state index in [1.54, 1.807) is 0 Å². The summed E-state index contributed by atoms with van der Waals surface area (Å²) < 4.78 is 1.25. The van der Waals surface area contributed by atoms with E-state index in [4.69, 9.17) is 5.26 Å². The fourth-order valence-electron chi connectivity index (χ4n) is 2.17. The van der Waals surface area contributed by atoms with E-state index in [1.165, 1.54) is 14.7 Å². The number of nitrogens with one attached hydrogen (secondary N) is 1. The molecule has 102 valence electrons. The molecule has 0 spiro atoms. The Bertz CT molecular complexity index is 596. The molecule has 2 rings (SSSR count). The highest BCUT2D eigenvalue weighted by atomic mass is 127. The summed E-state index contributed by atoms with van der Waals surface area (Å²) in [7, 11) is 0. The molecule has 0 saturated carbocycles. The summed E-state index contributed by atoms with van der Waals surface area (Å²) in [6.45, 7) is 4.31. The van der Waals surface area contributed by atoms with Crippen LogP contribution in [0.2, 0.25) is 0 Å². The molecule has 2 unspecified atom stereocenters. The number of hydrogen-bond acceptors (Lipinski definition) is 2. The molecular weight excluding hydrogens is 359 g/mol. The van der Waals surface area contributed by atoms with Crippen molar-refractivity contribution in [2.24, 2.45) is 0 Å². The minimum atomic E-state index is 0.247. The standard InChI is InChI=1S/C17H17IN2/c1-12(15-5-3-14(11-19)4-6-15)20-13(2)16-7-9-17(18)10-8-16/h3-10,12-13,20H,1-2H3. The van der Waals surface area contributed by atoms with Crippen LogP contribution in [0.25, 0.3) is 0 Å². The van der Waals surface area contributed by atoms with Gasteiger partial charge >= 0.3 is 0 Å². The van der Waals surface area contributed by atoms with Gasteiger partial charge in [-0.05, 0) is 71.8 Å². The minimum absolute atomic E-state index is 0.247. The maximum absolute atomic E-state index is 8.82. The van der Waals surface area contributed by atoms with Crippen molar-refractivity contribution in [3.8, 4) is 6.07 Å². The molecule has 1 N–H and O–H groups in total. The number of halogens is 1. The molecule has 0 aliphatic carbocycles. The first-order chi connectivity index (χ1) is 9.60. The van der Waals surface area contributed by atoms with Crippen molar-refractivity contribution in [1.82, 2.24) is 5.32 Å². The van der Waals surface area contributed by atoms with Crippen molar-refractivity contribution in [2.45, 2.75) is 25.9 Å². The molecule has 20 heavy (non-hydrogen) atoms. The van der Waals surface area contributed by atoms with Gasteiger partial charge in [-0.1, -0.05) is 24.3 Å². The zero-order valence-electron chi connectivity index (χ0n) is 11.6. The molecule has 0 aliphatic rings. The van der Waals surface area contributed by atoms with Crippen LogP contribution in [0, 0.1) is 14.9 Å². The molecule has 0 aliphatic heterocycles. The fourth-order valence-corrected chi connectivity index (χ4v) is 2.52. The average Bonchev–Trinajstić information content (AvgIpc) is 2.48. The monoisotopic (exact) mass is 376 g/mol. The lowest BCUT2D eigenvalue weighted by atomic mass is 10.0. The van der Waals surface area contributed by atoms with E-state index in [0.29, 0.717) is 5.56 Å². The van der Waals surface area contributed by atoms with Gasteiger partial charge in [0.25, 0.3) is 0 Å². The lowest BCUT2D eigenvalue weighted by Crippen LogP contribution is -2.22. The molecule has 2 nitrogen and oxygen atoms in total. The Morgan fingerprint density at radius 2 is 1.35 bits per heavy atom. The first kappa shape index (κ1) is 15.0. The van der Waals surface area contributed by atoms with Gasteiger partial charge in [0.1, 0.15) is 0 Å². The van der Waals surface area contributed by atoms with E-state index < -0.39 is 0 Å². The van der Waals surface area contributed by atoms with Crippen LogP contribution < -0.4 is 5.32 Å². The number of benzene rings is 2. The molecule has 2 atom stereocenters. The third-order valence-electron chi connectivity index (χ3n) is 3.41. The Balaban J connectivity index is 2.04. The highest BCUT2D eigenvalue weighted by Crippen LogP contribution is 2.20. The summed E-state index contributed by atoms with van der Waals surface area (Å²) in [5.74, 6) is 0. The number of nitriles is 1. The minimum Gasteiger partial charge on any atom is -0.304 e. The second-order valence-electron chi connectivity index (χ2n) is 4.90. The summed E-state index contributed by atoms with van der Waals surface area (Å²) in [4.78, 5) is 0. The van der Waals surface area contributed by atoms with Crippen LogP contribution in [0.1, 0.15) is 42.6 Å². The third kappa shape index (κ3) is 3.81. The predicted molar refractivity (Wildman–Crippen MR) is 90.3 cm³/mol. The van der Waals surface area contributed by atoms with E-state index in [0.717, 1.165) is 0 Å². The molecular formula is C17H17IN2. The summed E-state index contributed by atoms with van der Waals surface area (Å²) in [6, 6.07) is 19.0. The molecule has 3 heteroatoms. The van der Waals surface area contributed by atoms with Crippen molar-refractivity contribution in [3.05, 3.63) is 68.8 Å². The normalized spacial score (nSPS) is 13.5. The van der Waals surface area contributed by atoms with Gasteiger partial charge < -0.3 is 5.32 Å². The summed E-state index contributed by atoms with van der Waals surface area (Å²) >= 11 is 2.31. The molecule has 2 aromatic carbocycles. The van der Waals surface area contributed by atoms with Crippen molar-refractivity contribution in [1.29, 1.82) is 5.26 Å². The van der Waals surface area contributed by atoms with Crippen LogP contribution in [0.3, 0.4) is 0 Å². The van der Waals surface area contributed by atoms with Gasteiger partial charge in [-0.2, -0.15) is 5.26 Å². The SMILES string of the molecule is CC(NC(C)c1ccc(C#N)cc1)c1ccc(I)cc1. The Morgan fingerprint density at radius 1 is 0.900 bits per heavy atom. The zero-order chi connectivity index (χ0) is 14.5. The second-order valence-corrected chi connectivity index (χ2v) is 6.14. The molecule has 0 bridgehead atoms. The predicted octanol–water partition coefficient (Wildman–Crippen LogP) is 4.57. The van der Waals surface area contributed by atoms with Crippen LogP contribution in [-0.2, 0) is 0 Å². The van der Waals surface area contributed by atoms with Crippen LogP contribution in [0.15, 0.2) is 48.5 Å². The quantitative estimate of drug-likeness (QED) is 0.794. The topological polar surface area (TPSA) is 35.8 Å². The van der Waals surface area contributed by atoms with Gasteiger partial charge in [0.05, 0.1) is 11.6 Å². The lowest BCUT2D eigenvalue weighted by Gasteiger charge is -2.21. The largest absolute Gasteiger partial charge is 0.304 e. The maximum atomic E-state index is 8.82. The number of rotatable bonds is 4. The van der Waals surface area contributed by atoms with Crippen LogP contribution in [0.5, 0.6) is 0 Å². The average molecular weight is 376 g/mol. The van der Waals surface area contributed by atoms with Gasteiger partial charge in [0, 0.05) is 15.7 Å². The van der Waals surface area contributed by atoms with Crippen molar-refractivity contribution < 1.29 is 0 Å². The molecule has 0 radical (unpaired) electrons. The molecule has 0 heterocycles. The Kier molecular flexibility index (Phi) is 5.16. The van der Waals surface area contributed by atoms with Crippen molar-refractivity contribution in [3.63, 3.8) is 0 Å². The first-order valence-corrected chi connectivity index (χ1v) is 7.69. The fraction of sp³-hybridized carbons (Fsp3) is 0.235. The van der Waals surface area contributed by atoms with Crippen LogP contribution in [0.4, 0.5) is 0 Å². The summed E-state index contributed by atoms with van der Waals surface area (Å²) in [5.41, 5.74) is 3.18. The smallest absolute Gasteiger partial charge is 0.0991 e. The highest BCUT2D eigenvalue weighted by molar-refractivity contribution is 14.1. The Labute approximate surface area is 134 Å². The molecule has 0 aromatic heterocycles. The van der Waals surface area contributed by atoms with Crippen molar-refractivity contribution >= 4 is 22.6 Å². The zero-order valence-corrected chi connectivity index (χ0v) is 13.8. The second kappa shape index (κ2) is 6.87. The summed E-state index contributed by atoms with van der Waals surface area (Å²) in [6.07, 6.45) is 0. The molecule has 0 saturated heterocycles. The molecule has 0 amide bonds. The van der Waals surface area contributed by atoms with Crippen molar-refractivity contribution in [2.75, 3.05) is 0 Å². The lowest BCUT2D eigenvalue weighted by molar-refractivity contribution is 0.494. The maximum Gasteiger partial charge on any atom is 0.0991 e. The third-order valence-corrected chi connectivity index (χ3v) is 4.13. The highest BCUT2D eigenvalue weighted by Gasteiger charge is 2.11. The van der Waals surface area contributed by atoms with Gasteiger partial charge in [-0.15, -0.1) is 0 Å². The van der Waals surface area contributed by atoms with E-state index in [-0.39, 0.29) is 12.1 Å². The van der Waals surface area contributed by atoms with Crippen LogP contribution >= 0.6 is 22.6 Å². The molecule has 0 fully saturated rings. The molecule has 2 aromatic rings. The van der Waals surface area contributed by atoms with E-state index >= 15 is 0 Å². The first-order valence-electron chi connectivity index (χ1n) is 6.61. The number of hydrogen-bond donors (Lipinski definition) is 1. The van der Waals surface area contributed by atoms with Gasteiger partial charge in [0.15, 0.2) is 0 Å². The van der Waals surface area contributed by atoms with Gasteiger partial charge in [-0.25, -0.2) is 0 Å². The van der Waals surface area contributed by atoms with E-state index in [1.807, 2.05) is 24.3 Å². The summed E-state index contributed by atoms with van der Waals surface area (Å²) in [5, 5.41) is 12.4. The number of nitrogens with zero attached hydrogens (tertiary/aromatic N) is 1. The Morgan fingerprint density at radius 3 is 1.80 bits per heavy atom. The van der Waals surface area contributed by atoms with Crippen LogP contribution in [-0.4, -0.2) is 0 Å². The Hall–Kier alpha value is -1.38.